The van der Waals surface area contributed by atoms with E-state index in [0.29, 0.717) is 23.8 Å². The molecule has 2 heterocycles. The Morgan fingerprint density at radius 2 is 2.11 bits per heavy atom. The molecular weight excluding hydrogens is 369 g/mol. The van der Waals surface area contributed by atoms with E-state index in [2.05, 4.69) is 0 Å². The molecule has 1 amide bonds. The minimum Gasteiger partial charge on any atom is -0.451 e. The number of rotatable bonds is 5. The molecule has 6 heteroatoms. The van der Waals surface area contributed by atoms with Crippen LogP contribution >= 0.6 is 11.6 Å². The van der Waals surface area contributed by atoms with Gasteiger partial charge in [0, 0.05) is 30.1 Å². The SMILES string of the molecule is O=C(c1cc2cc(Cl)ccc2o1)N(Cc1cccc(F)c1)C[C@@H]1CCCO1. The number of ether oxygens (including phenoxy) is 1. The second kappa shape index (κ2) is 7.71. The van der Waals surface area contributed by atoms with Gasteiger partial charge in [0.05, 0.1) is 6.10 Å². The normalized spacial score (nSPS) is 16.7. The number of hydrogen-bond donors (Lipinski definition) is 0. The summed E-state index contributed by atoms with van der Waals surface area (Å²) in [6.45, 7) is 1.43. The minimum atomic E-state index is -0.324. The van der Waals surface area contributed by atoms with E-state index in [9.17, 15) is 9.18 Å². The number of carbonyl (C=O) groups is 1. The zero-order valence-corrected chi connectivity index (χ0v) is 15.4. The van der Waals surface area contributed by atoms with Crippen LogP contribution in [0.1, 0.15) is 29.0 Å². The third-order valence-electron chi connectivity index (χ3n) is 4.69. The number of fused-ring (bicyclic) bond motifs is 1. The molecule has 0 aliphatic carbocycles. The van der Waals surface area contributed by atoms with Crippen molar-refractivity contribution in [2.75, 3.05) is 13.2 Å². The largest absolute Gasteiger partial charge is 0.451 e. The number of carbonyl (C=O) groups excluding carboxylic acids is 1. The average molecular weight is 388 g/mol. The van der Waals surface area contributed by atoms with Crippen molar-refractivity contribution < 1.29 is 18.3 Å². The van der Waals surface area contributed by atoms with Crippen LogP contribution in [0.15, 0.2) is 52.9 Å². The molecule has 1 aliphatic rings. The summed E-state index contributed by atoms with van der Waals surface area (Å²) in [7, 11) is 0. The maximum absolute atomic E-state index is 13.6. The lowest BCUT2D eigenvalue weighted by atomic mass is 10.1. The maximum Gasteiger partial charge on any atom is 0.289 e. The highest BCUT2D eigenvalue weighted by molar-refractivity contribution is 6.31. The molecule has 2 aromatic carbocycles. The van der Waals surface area contributed by atoms with Crippen molar-refractivity contribution in [1.29, 1.82) is 0 Å². The first kappa shape index (κ1) is 18.0. The second-order valence-electron chi connectivity index (χ2n) is 6.74. The summed E-state index contributed by atoms with van der Waals surface area (Å²) in [5.74, 6) is -0.334. The zero-order chi connectivity index (χ0) is 18.8. The summed E-state index contributed by atoms with van der Waals surface area (Å²) in [5, 5.41) is 1.35. The Kier molecular flexibility index (Phi) is 5.14. The van der Waals surface area contributed by atoms with Crippen LogP contribution in [-0.4, -0.2) is 30.1 Å². The Labute approximate surface area is 161 Å². The molecule has 1 aromatic heterocycles. The van der Waals surface area contributed by atoms with Gasteiger partial charge in [-0.25, -0.2) is 4.39 Å². The molecule has 0 spiro atoms. The second-order valence-corrected chi connectivity index (χ2v) is 7.18. The fourth-order valence-electron chi connectivity index (χ4n) is 3.38. The van der Waals surface area contributed by atoms with Crippen molar-refractivity contribution in [2.45, 2.75) is 25.5 Å². The third-order valence-corrected chi connectivity index (χ3v) is 4.92. The Hall–Kier alpha value is -2.37. The van der Waals surface area contributed by atoms with E-state index in [1.54, 1.807) is 41.3 Å². The van der Waals surface area contributed by atoms with Crippen LogP contribution in [0.4, 0.5) is 4.39 Å². The van der Waals surface area contributed by atoms with Crippen LogP contribution in [0, 0.1) is 5.82 Å². The van der Waals surface area contributed by atoms with Crippen molar-refractivity contribution in [3.63, 3.8) is 0 Å². The van der Waals surface area contributed by atoms with Gasteiger partial charge < -0.3 is 14.1 Å². The van der Waals surface area contributed by atoms with Gasteiger partial charge in [0.15, 0.2) is 5.76 Å². The van der Waals surface area contributed by atoms with Crippen LogP contribution < -0.4 is 0 Å². The molecule has 0 saturated carbocycles. The van der Waals surface area contributed by atoms with E-state index in [1.165, 1.54) is 12.1 Å². The van der Waals surface area contributed by atoms with Gasteiger partial charge >= 0.3 is 0 Å². The molecule has 0 unspecified atom stereocenters. The van der Waals surface area contributed by atoms with Gasteiger partial charge in [-0.3, -0.25) is 4.79 Å². The predicted molar refractivity (Wildman–Crippen MR) is 101 cm³/mol. The van der Waals surface area contributed by atoms with Gasteiger partial charge in [0.25, 0.3) is 5.91 Å². The summed E-state index contributed by atoms with van der Waals surface area (Å²) >= 11 is 6.02. The Morgan fingerprint density at radius 1 is 1.22 bits per heavy atom. The fourth-order valence-corrected chi connectivity index (χ4v) is 3.57. The molecule has 0 radical (unpaired) electrons. The van der Waals surface area contributed by atoms with E-state index >= 15 is 0 Å². The highest BCUT2D eigenvalue weighted by Crippen LogP contribution is 2.25. The Morgan fingerprint density at radius 3 is 2.89 bits per heavy atom. The first-order valence-corrected chi connectivity index (χ1v) is 9.31. The number of amides is 1. The molecule has 1 aliphatic heterocycles. The number of benzene rings is 2. The molecular formula is C21H19ClFNO3. The topological polar surface area (TPSA) is 42.7 Å². The molecule has 0 bridgehead atoms. The summed E-state index contributed by atoms with van der Waals surface area (Å²) in [6.07, 6.45) is 1.87. The highest BCUT2D eigenvalue weighted by Gasteiger charge is 2.26. The van der Waals surface area contributed by atoms with E-state index in [-0.39, 0.29) is 30.1 Å². The average Bonchev–Trinajstić information content (AvgIpc) is 3.29. The standard InChI is InChI=1S/C21H19ClFNO3/c22-16-6-7-19-15(10-16)11-20(27-19)21(25)24(13-18-5-2-8-26-18)12-14-3-1-4-17(23)9-14/h1,3-4,6-7,9-11,18H,2,5,8,12-13H2/t18-/m0/s1. The molecule has 1 atom stereocenters. The zero-order valence-electron chi connectivity index (χ0n) is 14.7. The first-order valence-electron chi connectivity index (χ1n) is 8.93. The summed E-state index contributed by atoms with van der Waals surface area (Å²) in [6, 6.07) is 13.2. The molecule has 27 heavy (non-hydrogen) atoms. The molecule has 140 valence electrons. The van der Waals surface area contributed by atoms with Crippen LogP contribution in [0.5, 0.6) is 0 Å². The molecule has 1 fully saturated rings. The van der Waals surface area contributed by atoms with Gasteiger partial charge in [0.2, 0.25) is 0 Å². The lowest BCUT2D eigenvalue weighted by molar-refractivity contribution is 0.0485. The summed E-state index contributed by atoms with van der Waals surface area (Å²) in [4.78, 5) is 14.8. The van der Waals surface area contributed by atoms with Crippen LogP contribution in [-0.2, 0) is 11.3 Å². The smallest absolute Gasteiger partial charge is 0.289 e. The lowest BCUT2D eigenvalue weighted by Crippen LogP contribution is -2.36. The summed E-state index contributed by atoms with van der Waals surface area (Å²) in [5.41, 5.74) is 1.33. The Balaban J connectivity index is 1.61. The van der Waals surface area contributed by atoms with E-state index in [4.69, 9.17) is 20.8 Å². The van der Waals surface area contributed by atoms with Crippen molar-refractivity contribution in [3.8, 4) is 0 Å². The van der Waals surface area contributed by atoms with Gasteiger partial charge in [-0.2, -0.15) is 0 Å². The molecule has 0 N–H and O–H groups in total. The molecule has 4 rings (SSSR count). The lowest BCUT2D eigenvalue weighted by Gasteiger charge is -2.24. The van der Waals surface area contributed by atoms with Crippen LogP contribution in [0.25, 0.3) is 11.0 Å². The van der Waals surface area contributed by atoms with Crippen molar-refractivity contribution >= 4 is 28.5 Å². The minimum absolute atomic E-state index is 0.0127. The fraction of sp³-hybridized carbons (Fsp3) is 0.286. The van der Waals surface area contributed by atoms with Crippen LogP contribution in [0.2, 0.25) is 5.02 Å². The van der Waals surface area contributed by atoms with E-state index in [1.807, 2.05) is 0 Å². The summed E-state index contributed by atoms with van der Waals surface area (Å²) < 4.78 is 25.0. The molecule has 4 nitrogen and oxygen atoms in total. The van der Waals surface area contributed by atoms with Gasteiger partial charge in [-0.05, 0) is 54.8 Å². The number of nitrogens with zero attached hydrogens (tertiary/aromatic N) is 1. The monoisotopic (exact) mass is 387 g/mol. The Bertz CT molecular complexity index is 965. The first-order chi connectivity index (χ1) is 13.1. The quantitative estimate of drug-likeness (QED) is 0.615. The van der Waals surface area contributed by atoms with E-state index < -0.39 is 0 Å². The van der Waals surface area contributed by atoms with Gasteiger partial charge in [-0.15, -0.1) is 0 Å². The van der Waals surface area contributed by atoms with Crippen molar-refractivity contribution in [3.05, 3.63) is 70.7 Å². The predicted octanol–water partition coefficient (Wildman–Crippen LogP) is 5.05. The van der Waals surface area contributed by atoms with Gasteiger partial charge in [-0.1, -0.05) is 23.7 Å². The number of halogens is 2. The molecule has 3 aromatic rings. The van der Waals surface area contributed by atoms with Gasteiger partial charge in [0.1, 0.15) is 11.4 Å². The molecule has 1 saturated heterocycles. The third kappa shape index (κ3) is 4.15. The highest BCUT2D eigenvalue weighted by atomic mass is 35.5. The van der Waals surface area contributed by atoms with Crippen molar-refractivity contribution in [2.24, 2.45) is 0 Å². The maximum atomic E-state index is 13.6. The van der Waals surface area contributed by atoms with Crippen molar-refractivity contribution in [1.82, 2.24) is 4.90 Å². The van der Waals surface area contributed by atoms with E-state index in [0.717, 1.165) is 23.8 Å². The number of hydrogen-bond acceptors (Lipinski definition) is 3. The number of furan rings is 1. The van der Waals surface area contributed by atoms with Crippen LogP contribution in [0.3, 0.4) is 0 Å².